The molecule has 1 aromatic carbocycles. The van der Waals surface area contributed by atoms with Gasteiger partial charge in [0.1, 0.15) is 16.7 Å². The van der Waals surface area contributed by atoms with Crippen molar-refractivity contribution in [3.05, 3.63) is 59.5 Å². The molecule has 5 heteroatoms. The molecule has 102 valence electrons. The normalized spacial score (nSPS) is 11.5. The second kappa shape index (κ2) is 4.97. The molecule has 3 N–H and O–H groups in total. The van der Waals surface area contributed by atoms with Crippen molar-refractivity contribution in [1.82, 2.24) is 0 Å². The molecule has 0 aliphatic rings. The molecule has 0 aliphatic carbocycles. The first kappa shape index (κ1) is 13.5. The first-order chi connectivity index (χ1) is 9.49. The second-order valence-electron chi connectivity index (χ2n) is 4.00. The number of phenolic OH excluding ortho intramolecular Hbond substituents is 3. The lowest BCUT2D eigenvalue weighted by atomic mass is 10.1. The van der Waals surface area contributed by atoms with E-state index in [2.05, 4.69) is 13.2 Å². The molecule has 2 rings (SSSR count). The smallest absolute Gasteiger partial charge is 0.201 e. The molecule has 0 atom stereocenters. The summed E-state index contributed by atoms with van der Waals surface area (Å²) in [7, 11) is 0. The van der Waals surface area contributed by atoms with Crippen LogP contribution in [0.4, 0.5) is 0 Å². The van der Waals surface area contributed by atoms with Gasteiger partial charge in [0.2, 0.25) is 5.75 Å². The molecule has 0 unspecified atom stereocenters. The van der Waals surface area contributed by atoms with Gasteiger partial charge in [0.15, 0.2) is 16.9 Å². The molecular formula is C15H12O5. The fourth-order valence-corrected chi connectivity index (χ4v) is 1.80. The minimum atomic E-state index is -0.761. The first-order valence-electron chi connectivity index (χ1n) is 5.67. The molecule has 0 bridgehead atoms. The number of phenols is 3. The zero-order valence-corrected chi connectivity index (χ0v) is 10.5. The largest absolute Gasteiger partial charge is 0.504 e. The third-order valence-corrected chi connectivity index (χ3v) is 2.75. The number of fused-ring (bicyclic) bond motifs is 1. The third kappa shape index (κ3) is 2.05. The molecular weight excluding hydrogens is 260 g/mol. The highest BCUT2D eigenvalue weighted by molar-refractivity contribution is 5.89. The van der Waals surface area contributed by atoms with Gasteiger partial charge < -0.3 is 19.7 Å². The predicted molar refractivity (Wildman–Crippen MR) is 75.8 cm³/mol. The van der Waals surface area contributed by atoms with Gasteiger partial charge >= 0.3 is 0 Å². The maximum atomic E-state index is 12.0. The van der Waals surface area contributed by atoms with Crippen LogP contribution >= 0.6 is 0 Å². The van der Waals surface area contributed by atoms with Gasteiger partial charge in [-0.15, -0.1) is 0 Å². The Labute approximate surface area is 114 Å². The molecule has 0 saturated carbocycles. The average Bonchev–Trinajstić information content (AvgIpc) is 2.41. The zero-order valence-electron chi connectivity index (χ0n) is 10.5. The lowest BCUT2D eigenvalue weighted by Crippen LogP contribution is -2.02. The van der Waals surface area contributed by atoms with Crippen LogP contribution in [0, 0.1) is 0 Å². The number of hydrogen-bond donors (Lipinski definition) is 3. The molecule has 1 heterocycles. The third-order valence-electron chi connectivity index (χ3n) is 2.75. The van der Waals surface area contributed by atoms with Gasteiger partial charge in [0.05, 0.1) is 0 Å². The van der Waals surface area contributed by atoms with Gasteiger partial charge in [-0.05, 0) is 0 Å². The highest BCUT2D eigenvalue weighted by Gasteiger charge is 2.17. The van der Waals surface area contributed by atoms with Crippen LogP contribution in [0.15, 0.2) is 52.7 Å². The molecule has 2 aromatic rings. The Bertz CT molecular complexity index is 796. The van der Waals surface area contributed by atoms with E-state index >= 15 is 0 Å². The summed E-state index contributed by atoms with van der Waals surface area (Å²) < 4.78 is 5.45. The summed E-state index contributed by atoms with van der Waals surface area (Å²) in [5, 5.41) is 28.4. The van der Waals surface area contributed by atoms with Crippen LogP contribution in [0.25, 0.3) is 16.5 Å². The van der Waals surface area contributed by atoms with Crippen LogP contribution < -0.4 is 5.43 Å². The van der Waals surface area contributed by atoms with Crippen molar-refractivity contribution in [3.8, 4) is 17.2 Å². The van der Waals surface area contributed by atoms with Crippen LogP contribution in [0.3, 0.4) is 0 Å². The van der Waals surface area contributed by atoms with Crippen molar-refractivity contribution >= 4 is 16.5 Å². The lowest BCUT2D eigenvalue weighted by molar-refractivity contribution is 0.370. The minimum absolute atomic E-state index is 0.0443. The molecule has 0 fully saturated rings. The molecule has 0 aliphatic heterocycles. The Morgan fingerprint density at radius 1 is 1.15 bits per heavy atom. The predicted octanol–water partition coefficient (Wildman–Crippen LogP) is 2.67. The molecule has 0 spiro atoms. The van der Waals surface area contributed by atoms with Gasteiger partial charge in [-0.3, -0.25) is 4.79 Å². The molecule has 20 heavy (non-hydrogen) atoms. The fraction of sp³-hybridized carbons (Fsp3) is 0. The summed E-state index contributed by atoms with van der Waals surface area (Å²) in [6.45, 7) is 7.14. The summed E-state index contributed by atoms with van der Waals surface area (Å²) in [6.07, 6.45) is 4.58. The Morgan fingerprint density at radius 3 is 2.45 bits per heavy atom. The fourth-order valence-electron chi connectivity index (χ4n) is 1.80. The number of benzene rings is 1. The SMILES string of the molecule is C=C/C=C(\C=C)c1cc(=O)c2c(O)c(O)c(O)cc2o1. The summed E-state index contributed by atoms with van der Waals surface area (Å²) in [4.78, 5) is 12.0. The van der Waals surface area contributed by atoms with Gasteiger partial charge in [0, 0.05) is 17.7 Å². The maximum absolute atomic E-state index is 12.0. The van der Waals surface area contributed by atoms with Crippen LogP contribution in [-0.4, -0.2) is 15.3 Å². The highest BCUT2D eigenvalue weighted by Crippen LogP contribution is 2.40. The number of rotatable bonds is 3. The summed E-state index contributed by atoms with van der Waals surface area (Å²) in [5.41, 5.74) is -0.0750. The van der Waals surface area contributed by atoms with Crippen molar-refractivity contribution in [3.63, 3.8) is 0 Å². The van der Waals surface area contributed by atoms with Gasteiger partial charge in [0.25, 0.3) is 0 Å². The van der Waals surface area contributed by atoms with Crippen molar-refractivity contribution in [2.45, 2.75) is 0 Å². The monoisotopic (exact) mass is 272 g/mol. The Balaban J connectivity index is 2.86. The Hall–Kier alpha value is -2.95. The minimum Gasteiger partial charge on any atom is -0.504 e. The molecule has 1 aromatic heterocycles. The van der Waals surface area contributed by atoms with Crippen molar-refractivity contribution in [2.75, 3.05) is 0 Å². The quantitative estimate of drug-likeness (QED) is 0.590. The Kier molecular flexibility index (Phi) is 3.35. The van der Waals surface area contributed by atoms with Gasteiger partial charge in [-0.25, -0.2) is 0 Å². The number of allylic oxidation sites excluding steroid dienone is 4. The standard InChI is InChI=1S/C15H12O5/c1-3-5-8(4-2)11-6-9(16)13-12(20-11)7-10(17)14(18)15(13)19/h3-7,17-19H,1-2H2/b8-5+. The summed E-state index contributed by atoms with van der Waals surface area (Å²) >= 11 is 0. The average molecular weight is 272 g/mol. The van der Waals surface area contributed by atoms with Crippen LogP contribution in [0.5, 0.6) is 17.2 Å². The summed E-state index contributed by atoms with van der Waals surface area (Å²) in [6, 6.07) is 2.22. The van der Waals surface area contributed by atoms with Gasteiger partial charge in [-0.1, -0.05) is 31.4 Å². The van der Waals surface area contributed by atoms with E-state index in [4.69, 9.17) is 4.42 Å². The van der Waals surface area contributed by atoms with E-state index in [9.17, 15) is 20.1 Å². The van der Waals surface area contributed by atoms with Crippen LogP contribution in [0.1, 0.15) is 5.76 Å². The van der Waals surface area contributed by atoms with E-state index in [1.807, 2.05) is 0 Å². The molecule has 0 radical (unpaired) electrons. The summed E-state index contributed by atoms with van der Waals surface area (Å²) in [5.74, 6) is -1.85. The zero-order chi connectivity index (χ0) is 14.9. The van der Waals surface area contributed by atoms with E-state index in [-0.39, 0.29) is 16.7 Å². The molecule has 0 amide bonds. The first-order valence-corrected chi connectivity index (χ1v) is 5.67. The highest BCUT2D eigenvalue weighted by atomic mass is 16.3. The Morgan fingerprint density at radius 2 is 1.85 bits per heavy atom. The van der Waals surface area contributed by atoms with Crippen molar-refractivity contribution in [1.29, 1.82) is 0 Å². The molecule has 5 nitrogen and oxygen atoms in total. The van der Waals surface area contributed by atoms with Gasteiger partial charge in [-0.2, -0.15) is 0 Å². The van der Waals surface area contributed by atoms with E-state index < -0.39 is 22.7 Å². The number of aromatic hydroxyl groups is 3. The van der Waals surface area contributed by atoms with Crippen molar-refractivity contribution in [2.24, 2.45) is 0 Å². The van der Waals surface area contributed by atoms with E-state index in [0.29, 0.717) is 5.57 Å². The van der Waals surface area contributed by atoms with Crippen LogP contribution in [0.2, 0.25) is 0 Å². The van der Waals surface area contributed by atoms with E-state index in [1.54, 1.807) is 6.08 Å². The number of hydrogen-bond acceptors (Lipinski definition) is 5. The molecule has 0 saturated heterocycles. The van der Waals surface area contributed by atoms with Crippen LogP contribution in [-0.2, 0) is 0 Å². The second-order valence-corrected chi connectivity index (χ2v) is 4.00. The topological polar surface area (TPSA) is 90.9 Å². The van der Waals surface area contributed by atoms with E-state index in [0.717, 1.165) is 12.1 Å². The van der Waals surface area contributed by atoms with Crippen molar-refractivity contribution < 1.29 is 19.7 Å². The maximum Gasteiger partial charge on any atom is 0.201 e. The lowest BCUT2D eigenvalue weighted by Gasteiger charge is -2.07. The van der Waals surface area contributed by atoms with E-state index in [1.165, 1.54) is 12.2 Å².